The van der Waals surface area contributed by atoms with Gasteiger partial charge in [-0.3, -0.25) is 0 Å². The highest BCUT2D eigenvalue weighted by atomic mass is 35.5. The molecule has 8 heavy (non-hydrogen) atoms. The predicted octanol–water partition coefficient (Wildman–Crippen LogP) is 2.42. The molecule has 0 atom stereocenters. The van der Waals surface area contributed by atoms with E-state index in [9.17, 15) is 0 Å². The SMILES string of the molecule is CCC#CC(C)(C)Cl. The normalized spacial score (nSPS) is 10.0. The molecule has 0 aliphatic rings. The van der Waals surface area contributed by atoms with Crippen LogP contribution in [-0.2, 0) is 0 Å². The van der Waals surface area contributed by atoms with Gasteiger partial charge >= 0.3 is 0 Å². The molecule has 0 aromatic carbocycles. The number of rotatable bonds is 0. The van der Waals surface area contributed by atoms with Crippen molar-refractivity contribution in [2.24, 2.45) is 0 Å². The van der Waals surface area contributed by atoms with E-state index in [0.717, 1.165) is 6.42 Å². The number of halogens is 1. The van der Waals surface area contributed by atoms with Crippen LogP contribution in [0.5, 0.6) is 0 Å². The van der Waals surface area contributed by atoms with Crippen molar-refractivity contribution in [3.8, 4) is 11.8 Å². The van der Waals surface area contributed by atoms with Gasteiger partial charge in [-0.1, -0.05) is 12.8 Å². The van der Waals surface area contributed by atoms with Crippen LogP contribution in [0.1, 0.15) is 27.2 Å². The first-order valence-corrected chi connectivity index (χ1v) is 3.13. The summed E-state index contributed by atoms with van der Waals surface area (Å²) >= 11 is 5.74. The van der Waals surface area contributed by atoms with Gasteiger partial charge in [-0.15, -0.1) is 17.5 Å². The Morgan fingerprint density at radius 2 is 2.00 bits per heavy atom. The van der Waals surface area contributed by atoms with Gasteiger partial charge in [-0.2, -0.15) is 0 Å². The van der Waals surface area contributed by atoms with Gasteiger partial charge < -0.3 is 0 Å². The molecule has 0 saturated heterocycles. The summed E-state index contributed by atoms with van der Waals surface area (Å²) in [5.41, 5.74) is 0. The van der Waals surface area contributed by atoms with Crippen molar-refractivity contribution < 1.29 is 0 Å². The van der Waals surface area contributed by atoms with E-state index in [0.29, 0.717) is 0 Å². The fourth-order valence-electron chi connectivity index (χ4n) is 0.299. The molecule has 0 saturated carbocycles. The van der Waals surface area contributed by atoms with Crippen LogP contribution in [0.25, 0.3) is 0 Å². The highest BCUT2D eigenvalue weighted by Gasteiger charge is 2.05. The van der Waals surface area contributed by atoms with Crippen molar-refractivity contribution in [3.63, 3.8) is 0 Å². The third kappa shape index (κ3) is 5.85. The zero-order chi connectivity index (χ0) is 6.62. The average Bonchev–Trinajstić information content (AvgIpc) is 1.59. The van der Waals surface area contributed by atoms with Crippen molar-refractivity contribution >= 4 is 11.6 Å². The lowest BCUT2D eigenvalue weighted by atomic mass is 10.2. The van der Waals surface area contributed by atoms with E-state index in [1.807, 2.05) is 20.8 Å². The lowest BCUT2D eigenvalue weighted by molar-refractivity contribution is 0.915. The van der Waals surface area contributed by atoms with Gasteiger partial charge in [0.05, 0.1) is 4.87 Å². The van der Waals surface area contributed by atoms with E-state index >= 15 is 0 Å². The fourth-order valence-corrected chi connectivity index (χ4v) is 0.365. The van der Waals surface area contributed by atoms with Crippen LogP contribution in [0.15, 0.2) is 0 Å². The maximum atomic E-state index is 5.74. The van der Waals surface area contributed by atoms with Crippen LogP contribution in [0.3, 0.4) is 0 Å². The van der Waals surface area contributed by atoms with Crippen molar-refractivity contribution in [2.75, 3.05) is 0 Å². The molecule has 0 heterocycles. The van der Waals surface area contributed by atoms with Crippen molar-refractivity contribution in [1.82, 2.24) is 0 Å². The van der Waals surface area contributed by atoms with Gasteiger partial charge in [0.25, 0.3) is 0 Å². The van der Waals surface area contributed by atoms with Crippen LogP contribution in [0.4, 0.5) is 0 Å². The van der Waals surface area contributed by atoms with Gasteiger partial charge in [0, 0.05) is 6.42 Å². The topological polar surface area (TPSA) is 0 Å². The second-order valence-corrected chi connectivity index (χ2v) is 3.07. The summed E-state index contributed by atoms with van der Waals surface area (Å²) in [5.74, 6) is 5.79. The van der Waals surface area contributed by atoms with E-state index < -0.39 is 0 Å². The standard InChI is InChI=1S/C7H11Cl/c1-4-5-6-7(2,3)8/h4H2,1-3H3. The van der Waals surface area contributed by atoms with E-state index in [1.165, 1.54) is 0 Å². The summed E-state index contributed by atoms with van der Waals surface area (Å²) in [4.78, 5) is -0.337. The van der Waals surface area contributed by atoms with Crippen molar-refractivity contribution in [3.05, 3.63) is 0 Å². The predicted molar refractivity (Wildman–Crippen MR) is 38.0 cm³/mol. The molecule has 0 radical (unpaired) electrons. The number of alkyl halides is 1. The molecule has 0 unspecified atom stereocenters. The van der Waals surface area contributed by atoms with Crippen LogP contribution in [-0.4, -0.2) is 4.87 Å². The van der Waals surface area contributed by atoms with Crippen molar-refractivity contribution in [1.29, 1.82) is 0 Å². The summed E-state index contributed by atoms with van der Waals surface area (Å²) in [6.07, 6.45) is 0.885. The summed E-state index contributed by atoms with van der Waals surface area (Å²) < 4.78 is 0. The minimum absolute atomic E-state index is 0.337. The van der Waals surface area contributed by atoms with E-state index in [1.54, 1.807) is 0 Å². The van der Waals surface area contributed by atoms with Crippen LogP contribution in [0.2, 0.25) is 0 Å². The summed E-state index contributed by atoms with van der Waals surface area (Å²) in [7, 11) is 0. The molecule has 46 valence electrons. The van der Waals surface area contributed by atoms with Gasteiger partial charge in [-0.05, 0) is 13.8 Å². The molecule has 0 rings (SSSR count). The molecule has 0 aromatic heterocycles. The second kappa shape index (κ2) is 2.99. The Bertz CT molecular complexity index is 109. The Morgan fingerprint density at radius 3 is 2.12 bits per heavy atom. The van der Waals surface area contributed by atoms with E-state index in [-0.39, 0.29) is 4.87 Å². The Balaban J connectivity index is 3.69. The molecule has 0 aliphatic heterocycles. The molecule has 0 fully saturated rings. The van der Waals surface area contributed by atoms with Gasteiger partial charge in [-0.25, -0.2) is 0 Å². The number of hydrogen-bond acceptors (Lipinski definition) is 0. The molecule has 0 nitrogen and oxygen atoms in total. The Hall–Kier alpha value is -0.150. The first kappa shape index (κ1) is 7.85. The first-order chi connectivity index (χ1) is 3.56. The third-order valence-corrected chi connectivity index (χ3v) is 0.657. The zero-order valence-electron chi connectivity index (χ0n) is 5.59. The quantitative estimate of drug-likeness (QED) is 0.349. The van der Waals surface area contributed by atoms with Gasteiger partial charge in [0.1, 0.15) is 0 Å². The van der Waals surface area contributed by atoms with Gasteiger partial charge in [0.2, 0.25) is 0 Å². The largest absolute Gasteiger partial charge is 0.106 e. The number of hydrogen-bond donors (Lipinski definition) is 0. The minimum Gasteiger partial charge on any atom is -0.106 e. The zero-order valence-corrected chi connectivity index (χ0v) is 6.34. The Kier molecular flexibility index (Phi) is 2.94. The Morgan fingerprint density at radius 1 is 1.50 bits per heavy atom. The molecule has 0 aliphatic carbocycles. The summed E-state index contributed by atoms with van der Waals surface area (Å²) in [6, 6.07) is 0. The minimum atomic E-state index is -0.337. The monoisotopic (exact) mass is 130 g/mol. The van der Waals surface area contributed by atoms with Crippen LogP contribution in [0, 0.1) is 11.8 Å². The summed E-state index contributed by atoms with van der Waals surface area (Å²) in [6.45, 7) is 5.78. The third-order valence-electron chi connectivity index (χ3n) is 0.562. The molecular formula is C7H11Cl. The lowest BCUT2D eigenvalue weighted by Crippen LogP contribution is -2.04. The maximum Gasteiger partial charge on any atom is 0.0993 e. The van der Waals surface area contributed by atoms with Gasteiger partial charge in [0.15, 0.2) is 0 Å². The van der Waals surface area contributed by atoms with Crippen LogP contribution >= 0.6 is 11.6 Å². The molecule has 0 spiro atoms. The first-order valence-electron chi connectivity index (χ1n) is 2.75. The molecule has 0 bridgehead atoms. The molecule has 0 aromatic rings. The fraction of sp³-hybridized carbons (Fsp3) is 0.714. The summed E-state index contributed by atoms with van der Waals surface area (Å²) in [5, 5.41) is 0. The molecule has 0 amide bonds. The second-order valence-electron chi connectivity index (χ2n) is 2.13. The van der Waals surface area contributed by atoms with E-state index in [4.69, 9.17) is 11.6 Å². The highest BCUT2D eigenvalue weighted by Crippen LogP contribution is 2.09. The van der Waals surface area contributed by atoms with E-state index in [2.05, 4.69) is 11.8 Å². The maximum absolute atomic E-state index is 5.74. The smallest absolute Gasteiger partial charge is 0.0993 e. The lowest BCUT2D eigenvalue weighted by Gasteiger charge is -2.02. The Labute approximate surface area is 56.2 Å². The highest BCUT2D eigenvalue weighted by molar-refractivity contribution is 6.25. The van der Waals surface area contributed by atoms with Crippen LogP contribution < -0.4 is 0 Å². The van der Waals surface area contributed by atoms with Crippen molar-refractivity contribution in [2.45, 2.75) is 32.1 Å². The molecular weight excluding hydrogens is 120 g/mol. The molecule has 1 heteroatoms. The molecule has 0 N–H and O–H groups in total. The average molecular weight is 131 g/mol.